The van der Waals surface area contributed by atoms with Gasteiger partial charge in [-0.2, -0.15) is 0 Å². The summed E-state index contributed by atoms with van der Waals surface area (Å²) < 4.78 is 2.38. The van der Waals surface area contributed by atoms with E-state index in [9.17, 15) is 0 Å². The highest BCUT2D eigenvalue weighted by molar-refractivity contribution is 5.09. The lowest BCUT2D eigenvalue weighted by molar-refractivity contribution is 0.234. The van der Waals surface area contributed by atoms with Gasteiger partial charge in [0.05, 0.1) is 6.33 Å². The lowest BCUT2D eigenvalue weighted by atomic mass is 9.83. The first kappa shape index (κ1) is 12.2. The van der Waals surface area contributed by atoms with Crippen LogP contribution in [-0.2, 0) is 6.54 Å². The van der Waals surface area contributed by atoms with Gasteiger partial charge >= 0.3 is 0 Å². The van der Waals surface area contributed by atoms with Crippen LogP contribution in [0.4, 0.5) is 0 Å². The highest BCUT2D eigenvalue weighted by atomic mass is 15.2. The molecule has 0 unspecified atom stereocenters. The maximum absolute atomic E-state index is 4.33. The van der Waals surface area contributed by atoms with E-state index in [-0.39, 0.29) is 0 Å². The predicted octanol–water partition coefficient (Wildman–Crippen LogP) is 1.45. The highest BCUT2D eigenvalue weighted by Crippen LogP contribution is 2.36. The van der Waals surface area contributed by atoms with E-state index < -0.39 is 0 Å². The summed E-state index contributed by atoms with van der Waals surface area (Å²) in [5.74, 6) is 0.798. The Kier molecular flexibility index (Phi) is 3.96. The molecule has 1 N–H and O–H groups in total. The Morgan fingerprint density at radius 1 is 1.22 bits per heavy atom. The van der Waals surface area contributed by atoms with Gasteiger partial charge in [-0.3, -0.25) is 0 Å². The molecule has 2 fully saturated rings. The second-order valence-corrected chi connectivity index (χ2v) is 5.58. The van der Waals surface area contributed by atoms with Crippen molar-refractivity contribution in [1.29, 1.82) is 0 Å². The van der Waals surface area contributed by atoms with Crippen molar-refractivity contribution in [3.63, 3.8) is 0 Å². The third kappa shape index (κ3) is 2.75. The zero-order valence-electron chi connectivity index (χ0n) is 11.1. The molecular formula is C14H24N4. The molecule has 1 aliphatic carbocycles. The fourth-order valence-electron chi connectivity index (χ4n) is 2.96. The summed E-state index contributed by atoms with van der Waals surface area (Å²) in [7, 11) is 0. The first-order chi connectivity index (χ1) is 8.93. The Labute approximate surface area is 109 Å². The maximum atomic E-state index is 4.33. The van der Waals surface area contributed by atoms with Crippen molar-refractivity contribution in [3.05, 3.63) is 18.2 Å². The van der Waals surface area contributed by atoms with Crippen LogP contribution >= 0.6 is 0 Å². The molecule has 2 heterocycles. The molecule has 2 aliphatic rings. The third-order valence-corrected chi connectivity index (χ3v) is 4.35. The third-order valence-electron chi connectivity index (χ3n) is 4.35. The normalized spacial score (nSPS) is 22.0. The molecule has 1 saturated heterocycles. The molecule has 4 nitrogen and oxygen atoms in total. The fourth-order valence-corrected chi connectivity index (χ4v) is 2.96. The molecule has 1 aromatic rings. The number of nitrogens with zero attached hydrogens (tertiary/aromatic N) is 3. The Hall–Kier alpha value is -0.870. The van der Waals surface area contributed by atoms with E-state index in [4.69, 9.17) is 0 Å². The Morgan fingerprint density at radius 3 is 2.78 bits per heavy atom. The van der Waals surface area contributed by atoms with Gasteiger partial charge in [0.15, 0.2) is 0 Å². The van der Waals surface area contributed by atoms with Crippen LogP contribution in [0.1, 0.15) is 37.3 Å². The zero-order valence-corrected chi connectivity index (χ0v) is 11.1. The van der Waals surface area contributed by atoms with E-state index in [1.807, 2.05) is 6.33 Å². The molecule has 0 spiro atoms. The van der Waals surface area contributed by atoms with Gasteiger partial charge in [-0.15, -0.1) is 0 Å². The van der Waals surface area contributed by atoms with Crippen LogP contribution in [-0.4, -0.2) is 47.2 Å². The number of hydrogen-bond acceptors (Lipinski definition) is 3. The quantitative estimate of drug-likeness (QED) is 0.856. The molecule has 100 valence electrons. The first-order valence-corrected chi connectivity index (χ1v) is 7.36. The summed E-state index contributed by atoms with van der Waals surface area (Å²) in [5.41, 5.74) is 1.47. The summed E-state index contributed by atoms with van der Waals surface area (Å²) in [4.78, 5) is 6.90. The largest absolute Gasteiger partial charge is 0.334 e. The molecule has 1 saturated carbocycles. The molecule has 4 heteroatoms. The minimum Gasteiger partial charge on any atom is -0.334 e. The SMILES string of the molecule is c1ncn(CCCN2CCNCC2)c1C1CCC1. The van der Waals surface area contributed by atoms with Crippen LogP contribution in [0, 0.1) is 0 Å². The summed E-state index contributed by atoms with van der Waals surface area (Å²) in [5, 5.41) is 3.40. The molecular weight excluding hydrogens is 224 g/mol. The van der Waals surface area contributed by atoms with Crippen molar-refractivity contribution in [3.8, 4) is 0 Å². The van der Waals surface area contributed by atoms with E-state index >= 15 is 0 Å². The molecule has 0 bridgehead atoms. The second-order valence-electron chi connectivity index (χ2n) is 5.58. The van der Waals surface area contributed by atoms with Crippen molar-refractivity contribution in [2.24, 2.45) is 0 Å². The van der Waals surface area contributed by atoms with E-state index in [0.717, 1.165) is 25.6 Å². The van der Waals surface area contributed by atoms with Crippen molar-refractivity contribution >= 4 is 0 Å². The van der Waals surface area contributed by atoms with Gasteiger partial charge in [-0.25, -0.2) is 4.98 Å². The smallest absolute Gasteiger partial charge is 0.0948 e. The lowest BCUT2D eigenvalue weighted by Gasteiger charge is -2.28. The van der Waals surface area contributed by atoms with E-state index in [0.29, 0.717) is 0 Å². The van der Waals surface area contributed by atoms with Crippen molar-refractivity contribution in [2.75, 3.05) is 32.7 Å². The zero-order chi connectivity index (χ0) is 12.2. The van der Waals surface area contributed by atoms with Crippen LogP contribution in [0.2, 0.25) is 0 Å². The Balaban J connectivity index is 1.46. The van der Waals surface area contributed by atoms with Gasteiger partial charge in [-0.1, -0.05) is 6.42 Å². The minimum absolute atomic E-state index is 0.798. The fraction of sp³-hybridized carbons (Fsp3) is 0.786. The van der Waals surface area contributed by atoms with Crippen LogP contribution in [0.25, 0.3) is 0 Å². The molecule has 0 radical (unpaired) electrons. The highest BCUT2D eigenvalue weighted by Gasteiger charge is 2.22. The Morgan fingerprint density at radius 2 is 2.06 bits per heavy atom. The number of hydrogen-bond donors (Lipinski definition) is 1. The molecule has 18 heavy (non-hydrogen) atoms. The van der Waals surface area contributed by atoms with E-state index in [1.165, 1.54) is 51.0 Å². The number of aryl methyl sites for hydroxylation is 1. The van der Waals surface area contributed by atoms with Gasteiger partial charge in [0.2, 0.25) is 0 Å². The topological polar surface area (TPSA) is 33.1 Å². The summed E-state index contributed by atoms with van der Waals surface area (Å²) in [6, 6.07) is 0. The van der Waals surface area contributed by atoms with E-state index in [1.54, 1.807) is 0 Å². The van der Waals surface area contributed by atoms with Crippen molar-refractivity contribution < 1.29 is 0 Å². The van der Waals surface area contributed by atoms with Crippen LogP contribution < -0.4 is 5.32 Å². The molecule has 0 atom stereocenters. The predicted molar refractivity (Wildman–Crippen MR) is 72.7 cm³/mol. The monoisotopic (exact) mass is 248 g/mol. The number of nitrogens with one attached hydrogen (secondary N) is 1. The van der Waals surface area contributed by atoms with Crippen molar-refractivity contribution in [1.82, 2.24) is 19.8 Å². The molecule has 3 rings (SSSR count). The molecule has 1 aliphatic heterocycles. The minimum atomic E-state index is 0.798. The maximum Gasteiger partial charge on any atom is 0.0948 e. The number of piperazine rings is 1. The average Bonchev–Trinajstić information content (AvgIpc) is 2.77. The van der Waals surface area contributed by atoms with Gasteiger partial charge in [0, 0.05) is 50.5 Å². The van der Waals surface area contributed by atoms with Gasteiger partial charge in [0.1, 0.15) is 0 Å². The Bertz CT molecular complexity index is 364. The van der Waals surface area contributed by atoms with Gasteiger partial charge < -0.3 is 14.8 Å². The molecule has 0 amide bonds. The van der Waals surface area contributed by atoms with Crippen LogP contribution in [0.5, 0.6) is 0 Å². The van der Waals surface area contributed by atoms with Gasteiger partial charge in [-0.05, 0) is 25.8 Å². The van der Waals surface area contributed by atoms with Crippen molar-refractivity contribution in [2.45, 2.75) is 38.1 Å². The summed E-state index contributed by atoms with van der Waals surface area (Å²) >= 11 is 0. The first-order valence-electron chi connectivity index (χ1n) is 7.36. The summed E-state index contributed by atoms with van der Waals surface area (Å²) in [6.07, 6.45) is 9.47. The second kappa shape index (κ2) is 5.85. The summed E-state index contributed by atoms with van der Waals surface area (Å²) in [6.45, 7) is 7.08. The lowest BCUT2D eigenvalue weighted by Crippen LogP contribution is -2.43. The van der Waals surface area contributed by atoms with Crippen LogP contribution in [0.15, 0.2) is 12.5 Å². The van der Waals surface area contributed by atoms with Crippen LogP contribution in [0.3, 0.4) is 0 Å². The van der Waals surface area contributed by atoms with Gasteiger partial charge in [0.25, 0.3) is 0 Å². The number of rotatable bonds is 5. The molecule has 0 aromatic carbocycles. The number of imidazole rings is 1. The molecule has 1 aromatic heterocycles. The number of aromatic nitrogens is 2. The standard InChI is InChI=1S/C14H24N4/c1-3-13(4-1)14-11-16-12-18(14)8-2-7-17-9-5-15-6-10-17/h11-13,15H,1-10H2. The van der Waals surface area contributed by atoms with E-state index in [2.05, 4.69) is 26.0 Å². The average molecular weight is 248 g/mol.